The third-order valence-electron chi connectivity index (χ3n) is 2.59. The highest BCUT2D eigenvalue weighted by Crippen LogP contribution is 2.28. The largest absolute Gasteiger partial charge is 0.315 e. The minimum absolute atomic E-state index is 0.894. The van der Waals surface area contributed by atoms with Gasteiger partial charge in [-0.25, -0.2) is 4.98 Å². The second kappa shape index (κ2) is 5.94. The Morgan fingerprint density at radius 3 is 2.65 bits per heavy atom. The summed E-state index contributed by atoms with van der Waals surface area (Å²) in [5, 5.41) is 4.47. The topological polar surface area (TPSA) is 24.9 Å². The van der Waals surface area contributed by atoms with Crippen molar-refractivity contribution >= 4 is 11.3 Å². The van der Waals surface area contributed by atoms with Gasteiger partial charge in [-0.2, -0.15) is 0 Å². The van der Waals surface area contributed by atoms with Gasteiger partial charge in [0.15, 0.2) is 0 Å². The molecule has 0 saturated heterocycles. The maximum Gasteiger partial charge on any atom is 0.0935 e. The molecule has 0 fully saturated rings. The van der Waals surface area contributed by atoms with Gasteiger partial charge < -0.3 is 5.32 Å². The van der Waals surface area contributed by atoms with Gasteiger partial charge in [0.25, 0.3) is 0 Å². The first-order chi connectivity index (χ1) is 8.35. The lowest BCUT2D eigenvalue weighted by atomic mass is 10.1. The van der Waals surface area contributed by atoms with Crippen LogP contribution in [0, 0.1) is 0 Å². The molecule has 0 radical (unpaired) electrons. The third kappa shape index (κ3) is 2.93. The lowest BCUT2D eigenvalue weighted by molar-refractivity contribution is 0.830. The summed E-state index contributed by atoms with van der Waals surface area (Å²) in [5.41, 5.74) is 2.37. The molecule has 1 aromatic heterocycles. The van der Waals surface area contributed by atoms with E-state index in [4.69, 9.17) is 4.98 Å². The quantitative estimate of drug-likeness (QED) is 0.873. The summed E-state index contributed by atoms with van der Waals surface area (Å²) in [7, 11) is 1.98. The second-order valence-electron chi connectivity index (χ2n) is 4.03. The Kier molecular flexibility index (Phi) is 4.29. The molecule has 0 amide bonds. The van der Waals surface area contributed by atoms with E-state index in [-0.39, 0.29) is 0 Å². The van der Waals surface area contributed by atoms with E-state index >= 15 is 0 Å². The van der Waals surface area contributed by atoms with Gasteiger partial charge in [-0.15, -0.1) is 11.3 Å². The molecule has 0 aliphatic rings. The smallest absolute Gasteiger partial charge is 0.0935 e. The second-order valence-corrected chi connectivity index (χ2v) is 5.19. The predicted octanol–water partition coefficient (Wildman–Crippen LogP) is 3.48. The summed E-state index contributed by atoms with van der Waals surface area (Å²) < 4.78 is 0. The lowest BCUT2D eigenvalue weighted by Crippen LogP contribution is -2.04. The van der Waals surface area contributed by atoms with Crippen LogP contribution >= 0.6 is 11.3 Å². The summed E-state index contributed by atoms with van der Waals surface area (Å²) in [6, 6.07) is 10.4. The molecular formula is C14H18N2S. The maximum atomic E-state index is 4.77. The normalized spacial score (nSPS) is 10.7. The molecule has 0 saturated carbocycles. The number of aromatic nitrogens is 1. The van der Waals surface area contributed by atoms with Crippen LogP contribution in [0.15, 0.2) is 30.3 Å². The van der Waals surface area contributed by atoms with E-state index in [0.717, 1.165) is 25.1 Å². The fourth-order valence-electron chi connectivity index (χ4n) is 1.82. The molecule has 90 valence electrons. The molecule has 2 rings (SSSR count). The van der Waals surface area contributed by atoms with E-state index < -0.39 is 0 Å². The van der Waals surface area contributed by atoms with E-state index in [1.165, 1.54) is 15.4 Å². The number of aryl methyl sites for hydroxylation is 1. The summed E-state index contributed by atoms with van der Waals surface area (Å²) in [6.45, 7) is 3.09. The highest BCUT2D eigenvalue weighted by atomic mass is 32.1. The first-order valence-corrected chi connectivity index (χ1v) is 6.85. The summed E-state index contributed by atoms with van der Waals surface area (Å²) in [5.74, 6) is 0. The Morgan fingerprint density at radius 1 is 1.24 bits per heavy atom. The van der Waals surface area contributed by atoms with Crippen LogP contribution in [-0.2, 0) is 13.0 Å². The van der Waals surface area contributed by atoms with E-state index in [1.807, 2.05) is 24.5 Å². The third-order valence-corrected chi connectivity index (χ3v) is 3.71. The van der Waals surface area contributed by atoms with Crippen molar-refractivity contribution in [2.75, 3.05) is 7.05 Å². The number of hydrogen-bond donors (Lipinski definition) is 1. The molecule has 2 aromatic rings. The Bertz CT molecular complexity index is 462. The fourth-order valence-corrected chi connectivity index (χ4v) is 3.03. The molecular weight excluding hydrogens is 228 g/mol. The van der Waals surface area contributed by atoms with Gasteiger partial charge in [0.1, 0.15) is 0 Å². The SMILES string of the molecule is CCCc1nc(-c2ccccc2)c(CNC)s1. The highest BCUT2D eigenvalue weighted by molar-refractivity contribution is 7.12. The molecule has 1 aromatic carbocycles. The zero-order chi connectivity index (χ0) is 12.1. The van der Waals surface area contributed by atoms with Gasteiger partial charge in [0.2, 0.25) is 0 Å². The number of benzene rings is 1. The van der Waals surface area contributed by atoms with Gasteiger partial charge in [0.05, 0.1) is 10.7 Å². The number of thiazole rings is 1. The first kappa shape index (κ1) is 12.3. The minimum atomic E-state index is 0.894. The van der Waals surface area contributed by atoms with Gasteiger partial charge in [-0.05, 0) is 19.9 Å². The molecule has 0 atom stereocenters. The number of rotatable bonds is 5. The monoisotopic (exact) mass is 246 g/mol. The van der Waals surface area contributed by atoms with Crippen LogP contribution in [0.3, 0.4) is 0 Å². The number of hydrogen-bond acceptors (Lipinski definition) is 3. The van der Waals surface area contributed by atoms with Crippen LogP contribution < -0.4 is 5.32 Å². The zero-order valence-electron chi connectivity index (χ0n) is 10.4. The van der Waals surface area contributed by atoms with E-state index in [0.29, 0.717) is 0 Å². The molecule has 0 aliphatic heterocycles. The zero-order valence-corrected chi connectivity index (χ0v) is 11.2. The van der Waals surface area contributed by atoms with Crippen LogP contribution in [0.5, 0.6) is 0 Å². The standard InChI is InChI=1S/C14H18N2S/c1-3-7-13-16-14(12(17-13)10-15-2)11-8-5-4-6-9-11/h4-6,8-9,15H,3,7,10H2,1-2H3. The van der Waals surface area contributed by atoms with Crippen LogP contribution in [0.25, 0.3) is 11.3 Å². The Morgan fingerprint density at radius 2 is 2.00 bits per heavy atom. The highest BCUT2D eigenvalue weighted by Gasteiger charge is 2.11. The molecule has 1 heterocycles. The van der Waals surface area contributed by atoms with Crippen molar-refractivity contribution in [2.24, 2.45) is 0 Å². The molecule has 3 heteroatoms. The van der Waals surface area contributed by atoms with Crippen molar-refractivity contribution < 1.29 is 0 Å². The maximum absolute atomic E-state index is 4.77. The molecule has 2 nitrogen and oxygen atoms in total. The Labute approximate surface area is 107 Å². The average Bonchev–Trinajstić information content (AvgIpc) is 2.74. The van der Waals surface area contributed by atoms with Gasteiger partial charge in [0, 0.05) is 17.0 Å². The van der Waals surface area contributed by atoms with Crippen molar-refractivity contribution in [2.45, 2.75) is 26.3 Å². The molecule has 0 unspecified atom stereocenters. The van der Waals surface area contributed by atoms with Crippen LogP contribution in [0.1, 0.15) is 23.2 Å². The van der Waals surface area contributed by atoms with Crippen molar-refractivity contribution in [3.63, 3.8) is 0 Å². The lowest BCUT2D eigenvalue weighted by Gasteiger charge is -2.00. The molecule has 0 bridgehead atoms. The fraction of sp³-hybridized carbons (Fsp3) is 0.357. The van der Waals surface area contributed by atoms with Gasteiger partial charge >= 0.3 is 0 Å². The summed E-state index contributed by atoms with van der Waals surface area (Å²) in [6.07, 6.45) is 2.23. The van der Waals surface area contributed by atoms with Crippen LogP contribution in [0.4, 0.5) is 0 Å². The summed E-state index contributed by atoms with van der Waals surface area (Å²) >= 11 is 1.83. The van der Waals surface area contributed by atoms with E-state index in [2.05, 4.69) is 36.5 Å². The van der Waals surface area contributed by atoms with Crippen LogP contribution in [-0.4, -0.2) is 12.0 Å². The molecule has 0 spiro atoms. The van der Waals surface area contributed by atoms with Crippen molar-refractivity contribution in [3.8, 4) is 11.3 Å². The van der Waals surface area contributed by atoms with Crippen LogP contribution in [0.2, 0.25) is 0 Å². The van der Waals surface area contributed by atoms with Gasteiger partial charge in [-0.3, -0.25) is 0 Å². The Balaban J connectivity index is 2.37. The van der Waals surface area contributed by atoms with E-state index in [9.17, 15) is 0 Å². The molecule has 0 aliphatic carbocycles. The van der Waals surface area contributed by atoms with Crippen molar-refractivity contribution in [1.29, 1.82) is 0 Å². The number of nitrogens with one attached hydrogen (secondary N) is 1. The average molecular weight is 246 g/mol. The van der Waals surface area contributed by atoms with Crippen molar-refractivity contribution in [1.82, 2.24) is 10.3 Å². The Hall–Kier alpha value is -1.19. The minimum Gasteiger partial charge on any atom is -0.315 e. The number of nitrogens with zero attached hydrogens (tertiary/aromatic N) is 1. The summed E-state index contributed by atoms with van der Waals surface area (Å²) in [4.78, 5) is 6.10. The van der Waals surface area contributed by atoms with Gasteiger partial charge in [-0.1, -0.05) is 37.3 Å². The first-order valence-electron chi connectivity index (χ1n) is 6.03. The predicted molar refractivity (Wildman–Crippen MR) is 74.3 cm³/mol. The van der Waals surface area contributed by atoms with Crippen molar-refractivity contribution in [3.05, 3.63) is 40.2 Å². The molecule has 1 N–H and O–H groups in total. The van der Waals surface area contributed by atoms with E-state index in [1.54, 1.807) is 0 Å². The molecule has 17 heavy (non-hydrogen) atoms.